The molecule has 0 saturated carbocycles. The lowest BCUT2D eigenvalue weighted by atomic mass is 9.98. The molecule has 3 fully saturated rings. The van der Waals surface area contributed by atoms with E-state index in [0.717, 1.165) is 12.7 Å². The first-order valence-electron chi connectivity index (χ1n) is 16.3. The number of hydrogen-bond acceptors (Lipinski definition) is 19. The zero-order chi connectivity index (χ0) is 38.6. The summed E-state index contributed by atoms with van der Waals surface area (Å²) in [4.78, 5) is 47.5. The molecule has 2 unspecified atom stereocenters. The van der Waals surface area contributed by atoms with E-state index in [2.05, 4.69) is 29.9 Å². The number of nitrogens with zero attached hydrogens (tertiary/aromatic N) is 8. The van der Waals surface area contributed by atoms with Crippen LogP contribution in [0.3, 0.4) is 0 Å². The number of hydrogen-bond donors (Lipinski definition) is 3. The fourth-order valence-corrected chi connectivity index (χ4v) is 9.54. The highest BCUT2D eigenvalue weighted by Gasteiger charge is 2.53. The summed E-state index contributed by atoms with van der Waals surface area (Å²) in [5.74, 6) is -2.36. The first-order chi connectivity index (χ1) is 25.6. The molecule has 0 aliphatic carbocycles. The number of rotatable bonds is 5. The van der Waals surface area contributed by atoms with Crippen LogP contribution in [0.25, 0.3) is 22.3 Å². The third-order valence-corrected chi connectivity index (χ3v) is 13.1. The van der Waals surface area contributed by atoms with Gasteiger partial charge in [0.25, 0.3) is 0 Å². The summed E-state index contributed by atoms with van der Waals surface area (Å²) in [6.45, 7) is -1.67. The molecule has 7 heterocycles. The second-order valence-electron chi connectivity index (χ2n) is 13.5. The van der Waals surface area contributed by atoms with Crippen LogP contribution >= 0.6 is 25.8 Å². The summed E-state index contributed by atoms with van der Waals surface area (Å²) in [7, 11) is -4.60. The molecule has 3 saturated heterocycles. The summed E-state index contributed by atoms with van der Waals surface area (Å²) in [5, 5.41) is 0. The Morgan fingerprint density at radius 1 is 0.907 bits per heavy atom. The van der Waals surface area contributed by atoms with Crippen LogP contribution in [0.1, 0.15) is 33.2 Å². The average molecular weight is 821 g/mol. The van der Waals surface area contributed by atoms with E-state index in [0.29, 0.717) is 11.4 Å². The van der Waals surface area contributed by atoms with E-state index < -0.39 is 107 Å². The highest BCUT2D eigenvalue weighted by molar-refractivity contribution is 8.55. The molecule has 0 radical (unpaired) electrons. The average Bonchev–Trinajstić information content (AvgIpc) is 3.88. The predicted molar refractivity (Wildman–Crippen MR) is 184 cm³/mol. The highest BCUT2D eigenvalue weighted by atomic mass is 32.7. The lowest BCUT2D eigenvalue weighted by molar-refractivity contribution is -0.150. The number of imidazole rings is 2. The van der Waals surface area contributed by atoms with E-state index in [9.17, 15) is 18.8 Å². The van der Waals surface area contributed by atoms with Gasteiger partial charge in [-0.3, -0.25) is 27.5 Å². The summed E-state index contributed by atoms with van der Waals surface area (Å²) in [6.07, 6.45) is -7.65. The number of ether oxygens (including phenoxy) is 4. The SMILES string of the molecule is CC(C)(C)C(=O)OCSP1(=O)OC[C@H]2O[C@@H](n3cnc4c(N)ncnc43)[C@H](F)[C@@H]2COCP(=O)(O)OC[C@H]2O[C@@H](n3cnc4c(N)ncnc43)[C@H](F)[C@@H]2O1. The van der Waals surface area contributed by atoms with Gasteiger partial charge < -0.3 is 39.8 Å². The second kappa shape index (κ2) is 14.9. The lowest BCUT2D eigenvalue weighted by Gasteiger charge is -2.28. The molecule has 0 amide bonds. The monoisotopic (exact) mass is 820 g/mol. The maximum atomic E-state index is 16.6. The van der Waals surface area contributed by atoms with Crippen LogP contribution in [-0.4, -0.2) is 113 Å². The number of aromatic nitrogens is 8. The third kappa shape index (κ3) is 7.68. The van der Waals surface area contributed by atoms with Crippen molar-refractivity contribution in [2.75, 3.05) is 43.6 Å². The molecule has 26 heteroatoms. The Morgan fingerprint density at radius 2 is 1.48 bits per heavy atom. The molecule has 3 aliphatic rings. The van der Waals surface area contributed by atoms with Crippen molar-refractivity contribution in [1.29, 1.82) is 0 Å². The van der Waals surface area contributed by atoms with E-state index in [1.807, 2.05) is 0 Å². The Kier molecular flexibility index (Phi) is 10.7. The zero-order valence-corrected chi connectivity index (χ0v) is 31.4. The first kappa shape index (κ1) is 38.8. The summed E-state index contributed by atoms with van der Waals surface area (Å²) in [6, 6.07) is 0. The fourth-order valence-electron chi connectivity index (χ4n) is 5.95. The van der Waals surface area contributed by atoms with Gasteiger partial charge in [0, 0.05) is 17.3 Å². The van der Waals surface area contributed by atoms with Gasteiger partial charge in [0.05, 0.1) is 44.0 Å². The van der Waals surface area contributed by atoms with E-state index in [-0.39, 0.29) is 34.0 Å². The van der Waals surface area contributed by atoms with Crippen LogP contribution in [0, 0.1) is 11.3 Å². The highest BCUT2D eigenvalue weighted by Crippen LogP contribution is 2.63. The minimum atomic E-state index is -4.63. The minimum Gasteiger partial charge on any atom is -0.454 e. The van der Waals surface area contributed by atoms with Crippen molar-refractivity contribution in [1.82, 2.24) is 39.0 Å². The molecule has 7 rings (SSSR count). The fraction of sp³-hybridized carbons (Fsp3) is 0.607. The van der Waals surface area contributed by atoms with Crippen LogP contribution in [0.5, 0.6) is 0 Å². The smallest absolute Gasteiger partial charge is 0.392 e. The summed E-state index contributed by atoms with van der Waals surface area (Å²) in [5.41, 5.74) is 11.4. The van der Waals surface area contributed by atoms with Crippen LogP contribution in [0.4, 0.5) is 20.4 Å². The standard InChI is InChI=1S/C28H36F2N10O11P2S/c1-28(2,3)27(41)46-12-54-53(44)48-5-14-13(16(29)25(49-14)39-9-37-18-21(31)33-7-35-23(18)39)4-45-11-52(42,43)47-6-15-20(51-53)17(30)26(50-15)40-10-38-19-22(32)34-8-36-24(19)40/h7-10,13-17,20,25-26H,4-6,11-12H2,1-3H3,(H,42,43)(H2,31,33,35)(H2,32,34,36)/t13-,14-,15-,16-,17-,20-,25-,26-,53?/m1/s1. The number of carbonyl (C=O) groups is 1. The van der Waals surface area contributed by atoms with Gasteiger partial charge in [0.15, 0.2) is 47.7 Å². The lowest BCUT2D eigenvalue weighted by Crippen LogP contribution is -2.35. The number of anilines is 2. The number of halogens is 2. The van der Waals surface area contributed by atoms with Crippen molar-refractivity contribution in [2.45, 2.75) is 63.9 Å². The molecular formula is C28H36F2N10O11P2S. The van der Waals surface area contributed by atoms with Crippen LogP contribution in [0.15, 0.2) is 25.3 Å². The van der Waals surface area contributed by atoms with Crippen molar-refractivity contribution in [2.24, 2.45) is 11.3 Å². The molecule has 3 aliphatic heterocycles. The van der Waals surface area contributed by atoms with Gasteiger partial charge >= 0.3 is 20.4 Å². The maximum absolute atomic E-state index is 16.6. The maximum Gasteiger partial charge on any atom is 0.392 e. The Morgan fingerprint density at radius 3 is 2.09 bits per heavy atom. The van der Waals surface area contributed by atoms with Gasteiger partial charge in [-0.15, -0.1) is 0 Å². The van der Waals surface area contributed by atoms with Crippen LogP contribution < -0.4 is 11.5 Å². The van der Waals surface area contributed by atoms with E-state index in [1.54, 1.807) is 20.8 Å². The number of nitrogens with two attached hydrogens (primary N) is 2. The Bertz CT molecular complexity index is 2130. The Labute approximate surface area is 308 Å². The van der Waals surface area contributed by atoms with Crippen molar-refractivity contribution < 1.29 is 60.1 Å². The summed E-state index contributed by atoms with van der Waals surface area (Å²) < 4.78 is 103. The molecule has 0 bridgehead atoms. The molecule has 10 atom stereocenters. The molecular weight excluding hydrogens is 784 g/mol. The number of fused-ring (bicyclic) bond motifs is 4. The topological polar surface area (TPSA) is 275 Å². The first-order valence-corrected chi connectivity index (χ1v) is 21.2. The van der Waals surface area contributed by atoms with Crippen molar-refractivity contribution in [3.05, 3.63) is 25.3 Å². The van der Waals surface area contributed by atoms with Crippen molar-refractivity contribution in [3.63, 3.8) is 0 Å². The largest absolute Gasteiger partial charge is 0.454 e. The van der Waals surface area contributed by atoms with E-state index >= 15 is 8.78 Å². The van der Waals surface area contributed by atoms with Crippen LogP contribution in [-0.2, 0) is 46.4 Å². The Balaban J connectivity index is 1.21. The number of esters is 1. The molecule has 5 N–H and O–H groups in total. The van der Waals surface area contributed by atoms with Gasteiger partial charge in [-0.25, -0.2) is 43.2 Å². The summed E-state index contributed by atoms with van der Waals surface area (Å²) >= 11 is 0.413. The molecule has 21 nitrogen and oxygen atoms in total. The predicted octanol–water partition coefficient (Wildman–Crippen LogP) is 2.90. The molecule has 294 valence electrons. The molecule has 4 aromatic heterocycles. The third-order valence-electron chi connectivity index (χ3n) is 8.73. The molecule has 0 spiro atoms. The number of nitrogen functional groups attached to an aromatic ring is 2. The minimum absolute atomic E-state index is 0.00880. The van der Waals surface area contributed by atoms with Gasteiger partial charge in [-0.05, 0) is 20.8 Å². The van der Waals surface area contributed by atoms with Crippen molar-refractivity contribution in [3.8, 4) is 0 Å². The van der Waals surface area contributed by atoms with Gasteiger partial charge in [0.1, 0.15) is 48.2 Å². The molecule has 54 heavy (non-hydrogen) atoms. The van der Waals surface area contributed by atoms with E-state index in [1.165, 1.54) is 21.8 Å². The normalized spacial score (nSPS) is 34.0. The zero-order valence-electron chi connectivity index (χ0n) is 28.8. The second-order valence-corrected chi connectivity index (χ2v) is 19.3. The molecule has 4 aromatic rings. The van der Waals surface area contributed by atoms with Gasteiger partial charge in [-0.1, -0.05) is 0 Å². The quantitative estimate of drug-likeness (QED) is 0.148. The Hall–Kier alpha value is -3.44. The number of alkyl halides is 2. The van der Waals surface area contributed by atoms with Gasteiger partial charge in [0.2, 0.25) is 0 Å². The molecule has 0 aromatic carbocycles. The van der Waals surface area contributed by atoms with Crippen molar-refractivity contribution >= 4 is 65.7 Å². The van der Waals surface area contributed by atoms with Crippen LogP contribution in [0.2, 0.25) is 0 Å². The van der Waals surface area contributed by atoms with E-state index in [4.69, 9.17) is 44.0 Å². The van der Waals surface area contributed by atoms with Gasteiger partial charge in [-0.2, -0.15) is 0 Å². The number of carbonyl (C=O) groups excluding carboxylic acids is 1.